The van der Waals surface area contributed by atoms with E-state index in [4.69, 9.17) is 11.6 Å². The second kappa shape index (κ2) is 4.36. The summed E-state index contributed by atoms with van der Waals surface area (Å²) in [5, 5.41) is 4.90. The van der Waals surface area contributed by atoms with Gasteiger partial charge in [0.1, 0.15) is 0 Å². The van der Waals surface area contributed by atoms with Crippen molar-refractivity contribution in [1.29, 1.82) is 0 Å². The Kier molecular flexibility index (Phi) is 3.14. The van der Waals surface area contributed by atoms with Crippen LogP contribution < -0.4 is 5.32 Å². The number of thioether (sulfide) groups is 1. The fourth-order valence-corrected chi connectivity index (χ4v) is 2.39. The number of halogens is 1. The van der Waals surface area contributed by atoms with Crippen molar-refractivity contribution in [1.82, 2.24) is 5.32 Å². The van der Waals surface area contributed by atoms with Gasteiger partial charge in [-0.1, -0.05) is 23.7 Å². The lowest BCUT2D eigenvalue weighted by molar-refractivity contribution is 0.543. The van der Waals surface area contributed by atoms with Gasteiger partial charge in [-0.25, -0.2) is 0 Å². The minimum Gasteiger partial charge on any atom is -0.314 e. The van der Waals surface area contributed by atoms with Crippen LogP contribution in [0, 0.1) is 0 Å². The molecular weight excluding hydrogens is 202 g/mol. The fraction of sp³-hybridized carbons (Fsp3) is 0.400. The molecule has 0 bridgehead atoms. The van der Waals surface area contributed by atoms with Crippen molar-refractivity contribution in [2.24, 2.45) is 0 Å². The van der Waals surface area contributed by atoms with E-state index >= 15 is 0 Å². The second-order valence-corrected chi connectivity index (χ2v) is 4.94. The molecule has 1 heterocycles. The standard InChI is InChI=1S/C10H12ClNS/c11-9-3-1-8(2-4-9)7-13-10-5-12-6-10/h1-4,10,12H,5-7H2. The molecule has 0 atom stereocenters. The lowest BCUT2D eigenvalue weighted by Crippen LogP contribution is -2.44. The summed E-state index contributed by atoms with van der Waals surface area (Å²) in [4.78, 5) is 0. The van der Waals surface area contributed by atoms with E-state index in [1.54, 1.807) is 0 Å². The number of hydrogen-bond acceptors (Lipinski definition) is 2. The molecule has 0 spiro atoms. The lowest BCUT2D eigenvalue weighted by atomic mass is 10.2. The van der Waals surface area contributed by atoms with Gasteiger partial charge < -0.3 is 5.32 Å². The molecule has 1 nitrogen and oxygen atoms in total. The summed E-state index contributed by atoms with van der Waals surface area (Å²) in [6, 6.07) is 8.11. The van der Waals surface area contributed by atoms with Gasteiger partial charge in [0.15, 0.2) is 0 Å². The Morgan fingerprint density at radius 3 is 2.54 bits per heavy atom. The van der Waals surface area contributed by atoms with Gasteiger partial charge in [-0.2, -0.15) is 11.8 Å². The Labute approximate surface area is 87.9 Å². The lowest BCUT2D eigenvalue weighted by Gasteiger charge is -2.26. The molecule has 3 heteroatoms. The maximum Gasteiger partial charge on any atom is 0.0406 e. The zero-order chi connectivity index (χ0) is 9.10. The zero-order valence-electron chi connectivity index (χ0n) is 7.29. The molecule has 1 N–H and O–H groups in total. The summed E-state index contributed by atoms with van der Waals surface area (Å²) in [5.41, 5.74) is 1.36. The van der Waals surface area contributed by atoms with Gasteiger partial charge in [0, 0.05) is 29.1 Å². The van der Waals surface area contributed by atoms with E-state index in [9.17, 15) is 0 Å². The molecule has 1 aliphatic heterocycles. The maximum atomic E-state index is 5.80. The molecule has 0 saturated carbocycles. The molecule has 1 fully saturated rings. The summed E-state index contributed by atoms with van der Waals surface area (Å²) in [6.45, 7) is 2.33. The average Bonchev–Trinajstić information content (AvgIpc) is 2.05. The Morgan fingerprint density at radius 1 is 1.31 bits per heavy atom. The summed E-state index contributed by atoms with van der Waals surface area (Å²) in [7, 11) is 0. The van der Waals surface area contributed by atoms with Crippen LogP contribution in [-0.4, -0.2) is 18.3 Å². The van der Waals surface area contributed by atoms with Crippen LogP contribution in [-0.2, 0) is 5.75 Å². The predicted molar refractivity (Wildman–Crippen MR) is 59.4 cm³/mol. The molecule has 1 aromatic rings. The van der Waals surface area contributed by atoms with E-state index in [2.05, 4.69) is 17.4 Å². The van der Waals surface area contributed by atoms with Crippen molar-refractivity contribution >= 4 is 23.4 Å². The molecule has 0 unspecified atom stereocenters. The minimum atomic E-state index is 0.815. The number of nitrogens with one attached hydrogen (secondary N) is 1. The van der Waals surface area contributed by atoms with Crippen LogP contribution in [0.15, 0.2) is 24.3 Å². The molecule has 1 aromatic carbocycles. The third-order valence-corrected chi connectivity index (χ3v) is 3.70. The van der Waals surface area contributed by atoms with E-state index in [1.807, 2.05) is 23.9 Å². The summed E-state index contributed by atoms with van der Waals surface area (Å²) in [6.07, 6.45) is 0. The Hall–Kier alpha value is -0.180. The summed E-state index contributed by atoms with van der Waals surface area (Å²) in [5.74, 6) is 1.10. The third kappa shape index (κ3) is 2.63. The molecule has 0 aliphatic carbocycles. The Bertz CT molecular complexity index is 269. The van der Waals surface area contributed by atoms with Gasteiger partial charge >= 0.3 is 0 Å². The van der Waals surface area contributed by atoms with Gasteiger partial charge in [-0.3, -0.25) is 0 Å². The Morgan fingerprint density at radius 2 is 2.00 bits per heavy atom. The van der Waals surface area contributed by atoms with Gasteiger partial charge in [-0.05, 0) is 17.7 Å². The largest absolute Gasteiger partial charge is 0.314 e. The van der Waals surface area contributed by atoms with E-state index < -0.39 is 0 Å². The fourth-order valence-electron chi connectivity index (χ4n) is 1.17. The van der Waals surface area contributed by atoms with E-state index in [0.29, 0.717) is 0 Å². The van der Waals surface area contributed by atoms with Gasteiger partial charge in [0.05, 0.1) is 0 Å². The van der Waals surface area contributed by atoms with Crippen LogP contribution in [0.4, 0.5) is 0 Å². The van der Waals surface area contributed by atoms with Crippen LogP contribution in [0.2, 0.25) is 5.02 Å². The van der Waals surface area contributed by atoms with E-state index in [1.165, 1.54) is 5.56 Å². The number of benzene rings is 1. The van der Waals surface area contributed by atoms with Crippen LogP contribution in [0.5, 0.6) is 0 Å². The molecular formula is C10H12ClNS. The van der Waals surface area contributed by atoms with Crippen LogP contribution >= 0.6 is 23.4 Å². The molecule has 1 aliphatic rings. The van der Waals surface area contributed by atoms with E-state index in [0.717, 1.165) is 29.1 Å². The zero-order valence-corrected chi connectivity index (χ0v) is 8.87. The second-order valence-electron chi connectivity index (χ2n) is 3.22. The van der Waals surface area contributed by atoms with Crippen molar-refractivity contribution < 1.29 is 0 Å². The highest BCUT2D eigenvalue weighted by molar-refractivity contribution is 7.99. The molecule has 0 aromatic heterocycles. The highest BCUT2D eigenvalue weighted by atomic mass is 35.5. The van der Waals surface area contributed by atoms with Crippen molar-refractivity contribution in [2.75, 3.05) is 13.1 Å². The molecule has 1 saturated heterocycles. The number of rotatable bonds is 3. The highest BCUT2D eigenvalue weighted by Gasteiger charge is 2.16. The maximum absolute atomic E-state index is 5.80. The van der Waals surface area contributed by atoms with Gasteiger partial charge in [-0.15, -0.1) is 0 Å². The summed E-state index contributed by atoms with van der Waals surface area (Å²) >= 11 is 7.81. The van der Waals surface area contributed by atoms with Crippen LogP contribution in [0.1, 0.15) is 5.56 Å². The first kappa shape index (κ1) is 9.38. The predicted octanol–water partition coefficient (Wildman–Crippen LogP) is 2.55. The molecule has 0 amide bonds. The number of hydrogen-bond donors (Lipinski definition) is 1. The first-order chi connectivity index (χ1) is 6.34. The normalized spacial score (nSPS) is 17.0. The van der Waals surface area contributed by atoms with Gasteiger partial charge in [0.25, 0.3) is 0 Å². The van der Waals surface area contributed by atoms with Crippen molar-refractivity contribution in [3.8, 4) is 0 Å². The highest BCUT2D eigenvalue weighted by Crippen LogP contribution is 2.21. The first-order valence-corrected chi connectivity index (χ1v) is 5.84. The molecule has 13 heavy (non-hydrogen) atoms. The minimum absolute atomic E-state index is 0.815. The van der Waals surface area contributed by atoms with Crippen molar-refractivity contribution in [3.05, 3.63) is 34.9 Å². The monoisotopic (exact) mass is 213 g/mol. The summed E-state index contributed by atoms with van der Waals surface area (Å²) < 4.78 is 0. The van der Waals surface area contributed by atoms with Crippen LogP contribution in [0.3, 0.4) is 0 Å². The molecule has 70 valence electrons. The molecule has 0 radical (unpaired) electrons. The smallest absolute Gasteiger partial charge is 0.0406 e. The van der Waals surface area contributed by atoms with Crippen LogP contribution in [0.25, 0.3) is 0 Å². The quantitative estimate of drug-likeness (QED) is 0.829. The third-order valence-electron chi connectivity index (χ3n) is 2.14. The van der Waals surface area contributed by atoms with Gasteiger partial charge in [0.2, 0.25) is 0 Å². The van der Waals surface area contributed by atoms with Crippen molar-refractivity contribution in [3.63, 3.8) is 0 Å². The topological polar surface area (TPSA) is 12.0 Å². The van der Waals surface area contributed by atoms with E-state index in [-0.39, 0.29) is 0 Å². The Balaban J connectivity index is 1.83. The molecule has 2 rings (SSSR count). The van der Waals surface area contributed by atoms with Crippen molar-refractivity contribution in [2.45, 2.75) is 11.0 Å². The average molecular weight is 214 g/mol. The first-order valence-electron chi connectivity index (χ1n) is 4.41. The SMILES string of the molecule is Clc1ccc(CSC2CNC2)cc1.